The van der Waals surface area contributed by atoms with Gasteiger partial charge >= 0.3 is 6.09 Å². The van der Waals surface area contributed by atoms with Gasteiger partial charge in [-0.05, 0) is 45.7 Å². The maximum absolute atomic E-state index is 14.3. The molecule has 0 aromatic heterocycles. The number of piperidine rings is 1. The Bertz CT molecular complexity index is 560. The molecule has 0 aliphatic carbocycles. The van der Waals surface area contributed by atoms with Crippen LogP contribution < -0.4 is 5.73 Å². The van der Waals surface area contributed by atoms with Gasteiger partial charge in [0.2, 0.25) is 0 Å². The highest BCUT2D eigenvalue weighted by molar-refractivity contribution is 9.10. The highest BCUT2D eigenvalue weighted by Crippen LogP contribution is 2.34. The highest BCUT2D eigenvalue weighted by Gasteiger charge is 2.35. The third-order valence-electron chi connectivity index (χ3n) is 3.59. The fraction of sp³-hybridized carbons (Fsp3) is 0.562. The molecule has 4 nitrogen and oxygen atoms in total. The molecule has 2 N–H and O–H groups in total. The lowest BCUT2D eigenvalue weighted by Gasteiger charge is -2.39. The fourth-order valence-electron chi connectivity index (χ4n) is 2.60. The molecule has 1 aromatic carbocycles. The molecule has 1 heterocycles. The van der Waals surface area contributed by atoms with E-state index < -0.39 is 17.7 Å². The fourth-order valence-corrected chi connectivity index (χ4v) is 2.93. The number of carbonyl (C=O) groups excluding carboxylic acids is 1. The first kappa shape index (κ1) is 17.2. The molecule has 2 rings (SSSR count). The van der Waals surface area contributed by atoms with Crippen LogP contribution in [-0.2, 0) is 4.74 Å². The molecule has 2 unspecified atom stereocenters. The Morgan fingerprint density at radius 2 is 2.14 bits per heavy atom. The molecular weight excluding hydrogens is 351 g/mol. The predicted octanol–water partition coefficient (Wildman–Crippen LogP) is 3.99. The van der Waals surface area contributed by atoms with Crippen LogP contribution in [0.2, 0.25) is 0 Å². The van der Waals surface area contributed by atoms with E-state index in [-0.39, 0.29) is 11.9 Å². The molecule has 1 aliphatic heterocycles. The summed E-state index contributed by atoms with van der Waals surface area (Å²) in [7, 11) is 0. The Kier molecular flexibility index (Phi) is 5.12. The number of likely N-dealkylation sites (tertiary alicyclic amines) is 1. The Hall–Kier alpha value is -1.14. The van der Waals surface area contributed by atoms with Gasteiger partial charge in [0.15, 0.2) is 0 Å². The second-order valence-corrected chi connectivity index (χ2v) is 7.56. The Morgan fingerprint density at radius 1 is 1.45 bits per heavy atom. The van der Waals surface area contributed by atoms with Crippen LogP contribution >= 0.6 is 15.9 Å². The zero-order valence-corrected chi connectivity index (χ0v) is 14.7. The number of hydrogen-bond donors (Lipinski definition) is 1. The lowest BCUT2D eigenvalue weighted by atomic mass is 9.92. The number of amides is 1. The highest BCUT2D eigenvalue weighted by atomic mass is 79.9. The van der Waals surface area contributed by atoms with Crippen LogP contribution in [0.1, 0.15) is 45.2 Å². The van der Waals surface area contributed by atoms with Crippen molar-refractivity contribution in [3.05, 3.63) is 34.1 Å². The molecule has 0 bridgehead atoms. The number of rotatable bonds is 1. The standard InChI is InChI=1S/C16H22BrFN2O2/c1-16(2,3)22-15(21)20-7-6-11(19)9-14(20)12-5-4-10(17)8-13(12)18/h4-5,8,11,14H,6-7,9,19H2,1-3H3. The maximum atomic E-state index is 14.3. The molecule has 1 fully saturated rings. The van der Waals surface area contributed by atoms with Crippen molar-refractivity contribution in [3.8, 4) is 0 Å². The van der Waals surface area contributed by atoms with E-state index >= 15 is 0 Å². The molecule has 2 atom stereocenters. The Labute approximate surface area is 138 Å². The van der Waals surface area contributed by atoms with Crippen molar-refractivity contribution in [3.63, 3.8) is 0 Å². The Balaban J connectivity index is 2.29. The van der Waals surface area contributed by atoms with Gasteiger partial charge in [-0.2, -0.15) is 0 Å². The average molecular weight is 373 g/mol. The summed E-state index contributed by atoms with van der Waals surface area (Å²) in [6.45, 7) is 5.91. The molecule has 0 saturated carbocycles. The lowest BCUT2D eigenvalue weighted by Crippen LogP contribution is -2.47. The summed E-state index contributed by atoms with van der Waals surface area (Å²) in [6.07, 6.45) is 0.790. The molecule has 0 spiro atoms. The topological polar surface area (TPSA) is 55.6 Å². The first-order valence-electron chi connectivity index (χ1n) is 7.37. The van der Waals surface area contributed by atoms with Crippen LogP contribution in [0.3, 0.4) is 0 Å². The van der Waals surface area contributed by atoms with Gasteiger partial charge in [-0.25, -0.2) is 9.18 Å². The van der Waals surface area contributed by atoms with Crippen LogP contribution in [0.25, 0.3) is 0 Å². The zero-order valence-electron chi connectivity index (χ0n) is 13.1. The molecular formula is C16H22BrFN2O2. The van der Waals surface area contributed by atoms with Gasteiger partial charge in [0, 0.05) is 22.6 Å². The summed E-state index contributed by atoms with van der Waals surface area (Å²) in [4.78, 5) is 14.0. The molecule has 6 heteroatoms. The molecule has 1 aliphatic rings. The van der Waals surface area contributed by atoms with E-state index in [0.717, 1.165) is 0 Å². The van der Waals surface area contributed by atoms with Crippen LogP contribution in [0, 0.1) is 5.82 Å². The van der Waals surface area contributed by atoms with Crippen molar-refractivity contribution in [2.45, 2.75) is 51.3 Å². The Morgan fingerprint density at radius 3 is 2.73 bits per heavy atom. The van der Waals surface area contributed by atoms with E-state index in [1.165, 1.54) is 6.07 Å². The van der Waals surface area contributed by atoms with E-state index in [4.69, 9.17) is 10.5 Å². The first-order chi connectivity index (χ1) is 10.2. The quantitative estimate of drug-likeness (QED) is 0.810. The third kappa shape index (κ3) is 4.20. The predicted molar refractivity (Wildman–Crippen MR) is 87.0 cm³/mol. The number of benzene rings is 1. The van der Waals surface area contributed by atoms with Gasteiger partial charge in [0.25, 0.3) is 0 Å². The van der Waals surface area contributed by atoms with Crippen LogP contribution in [0.5, 0.6) is 0 Å². The van der Waals surface area contributed by atoms with Crippen LogP contribution in [-0.4, -0.2) is 29.2 Å². The SMILES string of the molecule is CC(C)(C)OC(=O)N1CCC(N)CC1c1ccc(Br)cc1F. The van der Waals surface area contributed by atoms with E-state index in [2.05, 4.69) is 15.9 Å². The summed E-state index contributed by atoms with van der Waals surface area (Å²) in [5.41, 5.74) is 5.91. The normalized spacial score (nSPS) is 22.5. The minimum absolute atomic E-state index is 0.0493. The summed E-state index contributed by atoms with van der Waals surface area (Å²) < 4.78 is 20.4. The number of hydrogen-bond acceptors (Lipinski definition) is 3. The van der Waals surface area contributed by atoms with E-state index in [1.807, 2.05) is 20.8 Å². The number of carbonyl (C=O) groups is 1. The van der Waals surface area contributed by atoms with Gasteiger partial charge in [-0.3, -0.25) is 0 Å². The molecule has 1 amide bonds. The molecule has 1 saturated heterocycles. The van der Waals surface area contributed by atoms with Crippen molar-refractivity contribution in [1.82, 2.24) is 4.90 Å². The summed E-state index contributed by atoms with van der Waals surface area (Å²) in [6, 6.07) is 4.42. The summed E-state index contributed by atoms with van der Waals surface area (Å²) >= 11 is 3.25. The van der Waals surface area contributed by atoms with Gasteiger partial charge < -0.3 is 15.4 Å². The summed E-state index contributed by atoms with van der Waals surface area (Å²) in [5.74, 6) is -0.345. The lowest BCUT2D eigenvalue weighted by molar-refractivity contribution is 0.00758. The van der Waals surface area contributed by atoms with Gasteiger partial charge in [-0.1, -0.05) is 22.0 Å². The van der Waals surface area contributed by atoms with Crippen LogP contribution in [0.15, 0.2) is 22.7 Å². The van der Waals surface area contributed by atoms with Gasteiger partial charge in [0.1, 0.15) is 11.4 Å². The third-order valence-corrected chi connectivity index (χ3v) is 4.09. The minimum Gasteiger partial charge on any atom is -0.444 e. The van der Waals surface area contributed by atoms with Crippen molar-refractivity contribution in [2.75, 3.05) is 6.54 Å². The number of nitrogens with two attached hydrogens (primary N) is 1. The second-order valence-electron chi connectivity index (χ2n) is 6.64. The monoisotopic (exact) mass is 372 g/mol. The van der Waals surface area contributed by atoms with Crippen molar-refractivity contribution in [2.24, 2.45) is 5.73 Å². The van der Waals surface area contributed by atoms with Crippen molar-refractivity contribution in [1.29, 1.82) is 0 Å². The first-order valence-corrected chi connectivity index (χ1v) is 8.17. The summed E-state index contributed by atoms with van der Waals surface area (Å²) in [5, 5.41) is 0. The van der Waals surface area contributed by atoms with Gasteiger partial charge in [0.05, 0.1) is 6.04 Å². The maximum Gasteiger partial charge on any atom is 0.410 e. The van der Waals surface area contributed by atoms with Crippen LogP contribution in [0.4, 0.5) is 9.18 Å². The zero-order chi connectivity index (χ0) is 16.5. The van der Waals surface area contributed by atoms with Crippen molar-refractivity contribution >= 4 is 22.0 Å². The number of ether oxygens (including phenoxy) is 1. The number of nitrogens with zero attached hydrogens (tertiary/aromatic N) is 1. The molecule has 1 aromatic rings. The molecule has 122 valence electrons. The molecule has 0 radical (unpaired) electrons. The second kappa shape index (κ2) is 6.54. The van der Waals surface area contributed by atoms with Crippen molar-refractivity contribution < 1.29 is 13.9 Å². The van der Waals surface area contributed by atoms with Gasteiger partial charge in [-0.15, -0.1) is 0 Å². The average Bonchev–Trinajstić information content (AvgIpc) is 2.36. The number of halogens is 2. The molecule has 22 heavy (non-hydrogen) atoms. The largest absolute Gasteiger partial charge is 0.444 e. The van der Waals surface area contributed by atoms with E-state index in [0.29, 0.717) is 29.4 Å². The smallest absolute Gasteiger partial charge is 0.410 e. The van der Waals surface area contributed by atoms with E-state index in [9.17, 15) is 9.18 Å². The minimum atomic E-state index is -0.584. The van der Waals surface area contributed by atoms with E-state index in [1.54, 1.807) is 17.0 Å².